The van der Waals surface area contributed by atoms with Gasteiger partial charge in [-0.25, -0.2) is 0 Å². The molecule has 0 saturated carbocycles. The summed E-state index contributed by atoms with van der Waals surface area (Å²) in [5.41, 5.74) is -0.0421. The zero-order chi connectivity index (χ0) is 13.6. The molecule has 102 valence electrons. The Balaban J connectivity index is 2.19. The maximum Gasteiger partial charge on any atom is 0.303 e. The number of nitrogens with one attached hydrogen (secondary N) is 1. The number of amides is 1. The van der Waals surface area contributed by atoms with Gasteiger partial charge in [-0.3, -0.25) is 9.59 Å². The highest BCUT2D eigenvalue weighted by Gasteiger charge is 2.21. The summed E-state index contributed by atoms with van der Waals surface area (Å²) < 4.78 is 0. The number of carbonyl (C=O) groups excluding carboxylic acids is 1. The van der Waals surface area contributed by atoms with E-state index >= 15 is 0 Å². The van der Waals surface area contributed by atoms with Crippen LogP contribution in [0.25, 0.3) is 0 Å². The Hall–Kier alpha value is -1.32. The summed E-state index contributed by atoms with van der Waals surface area (Å²) in [6, 6.07) is 0. The molecular weight excluding hydrogens is 230 g/mol. The summed E-state index contributed by atoms with van der Waals surface area (Å²) >= 11 is 0. The third kappa shape index (κ3) is 5.34. The highest BCUT2D eigenvalue weighted by molar-refractivity contribution is 5.79. The van der Waals surface area contributed by atoms with E-state index in [1.54, 1.807) is 0 Å². The van der Waals surface area contributed by atoms with Crippen molar-refractivity contribution < 1.29 is 14.7 Å². The van der Waals surface area contributed by atoms with Crippen LogP contribution < -0.4 is 5.32 Å². The second-order valence-corrected chi connectivity index (χ2v) is 5.74. The lowest BCUT2D eigenvalue weighted by Crippen LogP contribution is -2.32. The SMILES string of the molecule is CC(C)(CCNC(=O)C1CC=CC1)CCC(=O)O. The van der Waals surface area contributed by atoms with E-state index in [1.165, 1.54) is 0 Å². The Bertz CT molecular complexity index is 326. The highest BCUT2D eigenvalue weighted by Crippen LogP contribution is 2.26. The molecule has 0 unspecified atom stereocenters. The van der Waals surface area contributed by atoms with E-state index in [1.807, 2.05) is 26.0 Å². The van der Waals surface area contributed by atoms with Crippen molar-refractivity contribution in [3.8, 4) is 0 Å². The van der Waals surface area contributed by atoms with E-state index in [-0.39, 0.29) is 23.7 Å². The molecule has 0 heterocycles. The first kappa shape index (κ1) is 14.7. The van der Waals surface area contributed by atoms with Crippen LogP contribution in [-0.2, 0) is 9.59 Å². The van der Waals surface area contributed by atoms with E-state index in [4.69, 9.17) is 5.11 Å². The van der Waals surface area contributed by atoms with Crippen LogP contribution in [0.3, 0.4) is 0 Å². The molecule has 0 bridgehead atoms. The first-order chi connectivity index (χ1) is 8.41. The number of hydrogen-bond acceptors (Lipinski definition) is 2. The Labute approximate surface area is 108 Å². The summed E-state index contributed by atoms with van der Waals surface area (Å²) in [4.78, 5) is 22.3. The van der Waals surface area contributed by atoms with Crippen molar-refractivity contribution in [1.82, 2.24) is 5.32 Å². The fourth-order valence-electron chi connectivity index (χ4n) is 2.07. The lowest BCUT2D eigenvalue weighted by atomic mass is 9.84. The maximum absolute atomic E-state index is 11.8. The molecule has 2 N–H and O–H groups in total. The molecule has 1 aliphatic carbocycles. The molecule has 0 aromatic carbocycles. The number of carboxylic acids is 1. The molecule has 0 fully saturated rings. The number of hydrogen-bond donors (Lipinski definition) is 2. The van der Waals surface area contributed by atoms with E-state index in [2.05, 4.69) is 5.32 Å². The van der Waals surface area contributed by atoms with Crippen LogP contribution in [0.2, 0.25) is 0 Å². The van der Waals surface area contributed by atoms with Crippen molar-refractivity contribution in [2.45, 2.75) is 46.0 Å². The van der Waals surface area contributed by atoms with Gasteiger partial charge in [0, 0.05) is 18.9 Å². The number of rotatable bonds is 7. The third-order valence-corrected chi connectivity index (χ3v) is 3.50. The first-order valence-electron chi connectivity index (χ1n) is 6.55. The van der Waals surface area contributed by atoms with Gasteiger partial charge in [0.25, 0.3) is 0 Å². The van der Waals surface area contributed by atoms with Gasteiger partial charge in [-0.1, -0.05) is 26.0 Å². The molecule has 0 radical (unpaired) electrons. The molecule has 1 aliphatic rings. The van der Waals surface area contributed by atoms with Gasteiger partial charge in [0.2, 0.25) is 5.91 Å². The van der Waals surface area contributed by atoms with Crippen molar-refractivity contribution in [2.24, 2.45) is 11.3 Å². The van der Waals surface area contributed by atoms with Crippen LogP contribution in [-0.4, -0.2) is 23.5 Å². The minimum absolute atomic E-state index is 0.0421. The fourth-order valence-corrected chi connectivity index (χ4v) is 2.07. The summed E-state index contributed by atoms with van der Waals surface area (Å²) in [7, 11) is 0. The molecule has 0 aromatic heterocycles. The second kappa shape index (κ2) is 6.57. The van der Waals surface area contributed by atoms with Gasteiger partial charge in [-0.05, 0) is 31.1 Å². The second-order valence-electron chi connectivity index (χ2n) is 5.74. The van der Waals surface area contributed by atoms with Gasteiger partial charge in [-0.2, -0.15) is 0 Å². The quantitative estimate of drug-likeness (QED) is 0.684. The summed E-state index contributed by atoms with van der Waals surface area (Å²) in [5.74, 6) is -0.537. The van der Waals surface area contributed by atoms with Crippen LogP contribution in [0.1, 0.15) is 46.0 Å². The lowest BCUT2D eigenvalue weighted by molar-refractivity contribution is -0.137. The normalized spacial score (nSPS) is 15.9. The smallest absolute Gasteiger partial charge is 0.303 e. The van der Waals surface area contributed by atoms with Gasteiger partial charge in [0.1, 0.15) is 0 Å². The molecule has 0 aliphatic heterocycles. The Morgan fingerprint density at radius 1 is 1.28 bits per heavy atom. The maximum atomic E-state index is 11.8. The van der Waals surface area contributed by atoms with Crippen LogP contribution >= 0.6 is 0 Å². The number of carbonyl (C=O) groups is 2. The average Bonchev–Trinajstić information content (AvgIpc) is 2.79. The minimum Gasteiger partial charge on any atom is -0.481 e. The molecular formula is C14H23NO3. The van der Waals surface area contributed by atoms with Crippen LogP contribution in [0.5, 0.6) is 0 Å². The molecule has 4 heteroatoms. The topological polar surface area (TPSA) is 66.4 Å². The summed E-state index contributed by atoms with van der Waals surface area (Å²) in [6.45, 7) is 4.71. The Kier molecular flexibility index (Phi) is 5.38. The predicted molar refractivity (Wildman–Crippen MR) is 70.1 cm³/mol. The third-order valence-electron chi connectivity index (χ3n) is 3.50. The molecule has 0 saturated heterocycles. The molecule has 0 atom stereocenters. The molecule has 0 spiro atoms. The minimum atomic E-state index is -0.760. The number of carboxylic acid groups (broad SMARTS) is 1. The van der Waals surface area contributed by atoms with Gasteiger partial charge < -0.3 is 10.4 Å². The van der Waals surface area contributed by atoms with Crippen LogP contribution in [0.4, 0.5) is 0 Å². The Morgan fingerprint density at radius 2 is 1.89 bits per heavy atom. The fraction of sp³-hybridized carbons (Fsp3) is 0.714. The van der Waals surface area contributed by atoms with E-state index in [0.717, 1.165) is 19.3 Å². The first-order valence-corrected chi connectivity index (χ1v) is 6.55. The van der Waals surface area contributed by atoms with Gasteiger partial charge in [0.15, 0.2) is 0 Å². The van der Waals surface area contributed by atoms with Crippen molar-refractivity contribution in [3.05, 3.63) is 12.2 Å². The zero-order valence-corrected chi connectivity index (χ0v) is 11.2. The van der Waals surface area contributed by atoms with Crippen molar-refractivity contribution in [3.63, 3.8) is 0 Å². The zero-order valence-electron chi connectivity index (χ0n) is 11.2. The average molecular weight is 253 g/mol. The standard InChI is InChI=1S/C14H23NO3/c1-14(2,8-7-12(16)17)9-10-15-13(18)11-5-3-4-6-11/h3-4,11H,5-10H2,1-2H3,(H,15,18)(H,16,17). The van der Waals surface area contributed by atoms with E-state index in [9.17, 15) is 9.59 Å². The van der Waals surface area contributed by atoms with Gasteiger partial charge >= 0.3 is 5.97 Å². The number of aliphatic carboxylic acids is 1. The lowest BCUT2D eigenvalue weighted by Gasteiger charge is -2.24. The van der Waals surface area contributed by atoms with Crippen molar-refractivity contribution in [2.75, 3.05) is 6.54 Å². The van der Waals surface area contributed by atoms with Crippen molar-refractivity contribution >= 4 is 11.9 Å². The molecule has 4 nitrogen and oxygen atoms in total. The van der Waals surface area contributed by atoms with E-state index < -0.39 is 5.97 Å². The largest absolute Gasteiger partial charge is 0.481 e. The predicted octanol–water partition coefficient (Wildman–Crippen LogP) is 2.35. The van der Waals surface area contributed by atoms with Gasteiger partial charge in [0.05, 0.1) is 0 Å². The van der Waals surface area contributed by atoms with Crippen molar-refractivity contribution in [1.29, 1.82) is 0 Å². The summed E-state index contributed by atoms with van der Waals surface area (Å²) in [5, 5.41) is 11.6. The highest BCUT2D eigenvalue weighted by atomic mass is 16.4. The van der Waals surface area contributed by atoms with E-state index in [0.29, 0.717) is 13.0 Å². The van der Waals surface area contributed by atoms with Crippen LogP contribution in [0, 0.1) is 11.3 Å². The Morgan fingerprint density at radius 3 is 2.44 bits per heavy atom. The van der Waals surface area contributed by atoms with Gasteiger partial charge in [-0.15, -0.1) is 0 Å². The van der Waals surface area contributed by atoms with Crippen LogP contribution in [0.15, 0.2) is 12.2 Å². The molecule has 18 heavy (non-hydrogen) atoms. The summed E-state index contributed by atoms with van der Waals surface area (Å²) in [6.07, 6.45) is 7.41. The molecule has 1 rings (SSSR count). The molecule has 1 amide bonds. The number of allylic oxidation sites excluding steroid dienone is 2. The monoisotopic (exact) mass is 253 g/mol. The molecule has 0 aromatic rings.